The topological polar surface area (TPSA) is 35.0 Å². The summed E-state index contributed by atoms with van der Waals surface area (Å²) in [5.74, 6) is 1.20. The molecule has 2 rings (SSSR count). The Bertz CT molecular complexity index is 332. The molecule has 82 valence electrons. The third kappa shape index (κ3) is 2.81. The standard InChI is InChI=1S/C11H15ClN2O/c1-8-4-2-3-5-9(8)15-10-6-7-13-11(12)14-10/h6-9H,2-5H2,1H3. The Balaban J connectivity index is 2.01. The maximum absolute atomic E-state index is 5.81. The Morgan fingerprint density at radius 1 is 1.40 bits per heavy atom. The van der Waals surface area contributed by atoms with Gasteiger partial charge < -0.3 is 4.74 Å². The minimum absolute atomic E-state index is 0.246. The van der Waals surface area contributed by atoms with Gasteiger partial charge in [-0.15, -0.1) is 0 Å². The lowest BCUT2D eigenvalue weighted by Gasteiger charge is -2.28. The largest absolute Gasteiger partial charge is 0.474 e. The van der Waals surface area contributed by atoms with E-state index in [4.69, 9.17) is 16.3 Å². The molecule has 0 aromatic carbocycles. The number of halogens is 1. The smallest absolute Gasteiger partial charge is 0.225 e. The first kappa shape index (κ1) is 10.7. The molecule has 3 nitrogen and oxygen atoms in total. The second kappa shape index (κ2) is 4.79. The SMILES string of the molecule is CC1CCCCC1Oc1ccnc(Cl)n1. The molecule has 4 heteroatoms. The fourth-order valence-corrected chi connectivity index (χ4v) is 2.14. The Morgan fingerprint density at radius 3 is 2.93 bits per heavy atom. The minimum atomic E-state index is 0.246. The van der Waals surface area contributed by atoms with Crippen LogP contribution in [0.25, 0.3) is 0 Å². The van der Waals surface area contributed by atoms with Crippen LogP contribution in [-0.2, 0) is 0 Å². The van der Waals surface area contributed by atoms with Gasteiger partial charge in [0.05, 0.1) is 0 Å². The lowest BCUT2D eigenvalue weighted by atomic mass is 9.88. The highest BCUT2D eigenvalue weighted by Crippen LogP contribution is 2.27. The van der Waals surface area contributed by atoms with Gasteiger partial charge >= 0.3 is 0 Å². The van der Waals surface area contributed by atoms with Gasteiger partial charge in [0.2, 0.25) is 11.2 Å². The van der Waals surface area contributed by atoms with Crippen LogP contribution in [0.4, 0.5) is 0 Å². The zero-order chi connectivity index (χ0) is 10.7. The van der Waals surface area contributed by atoms with E-state index in [1.165, 1.54) is 19.3 Å². The van der Waals surface area contributed by atoms with Crippen LogP contribution in [0.3, 0.4) is 0 Å². The number of hydrogen-bond donors (Lipinski definition) is 0. The zero-order valence-corrected chi connectivity index (χ0v) is 9.57. The average Bonchev–Trinajstić information content (AvgIpc) is 2.22. The fourth-order valence-electron chi connectivity index (χ4n) is 2.00. The van der Waals surface area contributed by atoms with Crippen molar-refractivity contribution in [1.82, 2.24) is 9.97 Å². The molecular formula is C11H15ClN2O. The van der Waals surface area contributed by atoms with E-state index in [1.807, 2.05) is 0 Å². The summed E-state index contributed by atoms with van der Waals surface area (Å²) >= 11 is 5.70. The van der Waals surface area contributed by atoms with E-state index >= 15 is 0 Å². The molecule has 2 unspecified atom stereocenters. The van der Waals surface area contributed by atoms with E-state index in [1.54, 1.807) is 12.3 Å². The lowest BCUT2D eigenvalue weighted by Crippen LogP contribution is -2.28. The molecular weight excluding hydrogens is 212 g/mol. The van der Waals surface area contributed by atoms with Crippen LogP contribution in [0.2, 0.25) is 5.28 Å². The van der Waals surface area contributed by atoms with Gasteiger partial charge in [0.25, 0.3) is 0 Å². The third-order valence-corrected chi connectivity index (χ3v) is 3.09. The Hall–Kier alpha value is -0.830. The van der Waals surface area contributed by atoms with Crippen LogP contribution < -0.4 is 4.74 Å². The molecule has 0 bridgehead atoms. The van der Waals surface area contributed by atoms with E-state index < -0.39 is 0 Å². The summed E-state index contributed by atoms with van der Waals surface area (Å²) in [6.07, 6.45) is 6.81. The van der Waals surface area contributed by atoms with Gasteiger partial charge in [-0.3, -0.25) is 0 Å². The van der Waals surface area contributed by atoms with Gasteiger partial charge in [-0.05, 0) is 36.8 Å². The molecule has 0 aliphatic heterocycles. The Labute approximate surface area is 94.8 Å². The minimum Gasteiger partial charge on any atom is -0.474 e. The first-order valence-corrected chi connectivity index (χ1v) is 5.78. The highest BCUT2D eigenvalue weighted by molar-refractivity contribution is 6.28. The van der Waals surface area contributed by atoms with Crippen molar-refractivity contribution in [2.24, 2.45) is 5.92 Å². The van der Waals surface area contributed by atoms with Crippen LogP contribution in [0.15, 0.2) is 12.3 Å². The fraction of sp³-hybridized carbons (Fsp3) is 0.636. The number of rotatable bonds is 2. The van der Waals surface area contributed by atoms with Crippen molar-refractivity contribution in [3.05, 3.63) is 17.5 Å². The Kier molecular flexibility index (Phi) is 3.41. The second-order valence-electron chi connectivity index (χ2n) is 4.08. The summed E-state index contributed by atoms with van der Waals surface area (Å²) in [4.78, 5) is 7.86. The molecule has 1 aliphatic carbocycles. The van der Waals surface area contributed by atoms with Crippen LogP contribution in [0.5, 0.6) is 5.88 Å². The van der Waals surface area contributed by atoms with Crippen molar-refractivity contribution in [2.75, 3.05) is 0 Å². The molecule has 0 radical (unpaired) electrons. The molecule has 2 atom stereocenters. The van der Waals surface area contributed by atoms with Crippen molar-refractivity contribution >= 4 is 11.6 Å². The second-order valence-corrected chi connectivity index (χ2v) is 4.42. The lowest BCUT2D eigenvalue weighted by molar-refractivity contribution is 0.0974. The first-order valence-electron chi connectivity index (χ1n) is 5.41. The van der Waals surface area contributed by atoms with Crippen molar-refractivity contribution in [1.29, 1.82) is 0 Å². The van der Waals surface area contributed by atoms with Crippen LogP contribution in [-0.4, -0.2) is 16.1 Å². The van der Waals surface area contributed by atoms with Crippen molar-refractivity contribution in [3.63, 3.8) is 0 Å². The number of nitrogens with zero attached hydrogens (tertiary/aromatic N) is 2. The highest BCUT2D eigenvalue weighted by atomic mass is 35.5. The molecule has 1 heterocycles. The van der Waals surface area contributed by atoms with Gasteiger partial charge in [-0.1, -0.05) is 13.3 Å². The van der Waals surface area contributed by atoms with E-state index in [-0.39, 0.29) is 11.4 Å². The van der Waals surface area contributed by atoms with Gasteiger partial charge in [0, 0.05) is 12.3 Å². The van der Waals surface area contributed by atoms with Crippen LogP contribution >= 0.6 is 11.6 Å². The summed E-state index contributed by atoms with van der Waals surface area (Å²) in [5, 5.41) is 0.246. The number of hydrogen-bond acceptors (Lipinski definition) is 3. The van der Waals surface area contributed by atoms with Gasteiger partial charge in [-0.2, -0.15) is 4.98 Å². The average molecular weight is 227 g/mol. The predicted octanol–water partition coefficient (Wildman–Crippen LogP) is 3.09. The summed E-state index contributed by atoms with van der Waals surface area (Å²) < 4.78 is 5.81. The van der Waals surface area contributed by atoms with Crippen LogP contribution in [0.1, 0.15) is 32.6 Å². The molecule has 15 heavy (non-hydrogen) atoms. The van der Waals surface area contributed by atoms with Gasteiger partial charge in [0.1, 0.15) is 6.10 Å². The normalized spacial score (nSPS) is 26.3. The number of ether oxygens (including phenoxy) is 1. The van der Waals surface area contributed by atoms with E-state index in [0.717, 1.165) is 6.42 Å². The van der Waals surface area contributed by atoms with Crippen molar-refractivity contribution in [3.8, 4) is 5.88 Å². The quantitative estimate of drug-likeness (QED) is 0.727. The van der Waals surface area contributed by atoms with E-state index in [2.05, 4.69) is 16.9 Å². The summed E-state index contributed by atoms with van der Waals surface area (Å²) in [6.45, 7) is 2.23. The number of aromatic nitrogens is 2. The molecule has 0 spiro atoms. The third-order valence-electron chi connectivity index (χ3n) is 2.91. The molecule has 1 aromatic heterocycles. The van der Waals surface area contributed by atoms with Crippen molar-refractivity contribution in [2.45, 2.75) is 38.7 Å². The molecule has 1 aromatic rings. The highest BCUT2D eigenvalue weighted by Gasteiger charge is 2.23. The molecule has 1 saturated carbocycles. The summed E-state index contributed by atoms with van der Waals surface area (Å²) in [5.41, 5.74) is 0. The maximum atomic E-state index is 5.81. The van der Waals surface area contributed by atoms with Crippen LogP contribution in [0, 0.1) is 5.92 Å². The maximum Gasteiger partial charge on any atom is 0.225 e. The van der Waals surface area contributed by atoms with Gasteiger partial charge in [0.15, 0.2) is 0 Å². The molecule has 1 fully saturated rings. The van der Waals surface area contributed by atoms with Gasteiger partial charge in [-0.25, -0.2) is 4.98 Å². The first-order chi connectivity index (χ1) is 7.25. The molecule has 0 saturated heterocycles. The monoisotopic (exact) mass is 226 g/mol. The molecule has 1 aliphatic rings. The molecule has 0 N–H and O–H groups in total. The predicted molar refractivity (Wildman–Crippen MR) is 59.1 cm³/mol. The van der Waals surface area contributed by atoms with E-state index in [0.29, 0.717) is 11.8 Å². The molecule has 0 amide bonds. The summed E-state index contributed by atoms with van der Waals surface area (Å²) in [6, 6.07) is 1.76. The Morgan fingerprint density at radius 2 is 2.20 bits per heavy atom. The van der Waals surface area contributed by atoms with E-state index in [9.17, 15) is 0 Å². The van der Waals surface area contributed by atoms with Crippen molar-refractivity contribution < 1.29 is 4.74 Å². The summed E-state index contributed by atoms with van der Waals surface area (Å²) in [7, 11) is 0. The zero-order valence-electron chi connectivity index (χ0n) is 8.82.